The summed E-state index contributed by atoms with van der Waals surface area (Å²) in [7, 11) is 1.80. The number of rotatable bonds is 3. The molecule has 5 rings (SSSR count). The zero-order valence-electron chi connectivity index (χ0n) is 19.3. The van der Waals surface area contributed by atoms with Gasteiger partial charge < -0.3 is 9.80 Å². The van der Waals surface area contributed by atoms with Crippen molar-refractivity contribution in [3.05, 3.63) is 65.2 Å². The van der Waals surface area contributed by atoms with Gasteiger partial charge in [0.25, 0.3) is 0 Å². The average molecular weight is 489 g/mol. The van der Waals surface area contributed by atoms with Gasteiger partial charge in [0.1, 0.15) is 17.3 Å². The van der Waals surface area contributed by atoms with Crippen LogP contribution in [0, 0.1) is 24.1 Å². The van der Waals surface area contributed by atoms with Gasteiger partial charge in [-0.15, -0.1) is 0 Å². The van der Waals surface area contributed by atoms with Crippen molar-refractivity contribution >= 4 is 45.0 Å². The Bertz CT molecular complexity index is 1560. The van der Waals surface area contributed by atoms with E-state index in [2.05, 4.69) is 22.7 Å². The summed E-state index contributed by atoms with van der Waals surface area (Å²) in [6.45, 7) is 7.48. The number of hydrogen-bond donors (Lipinski definition) is 0. The summed E-state index contributed by atoms with van der Waals surface area (Å²) in [6.07, 6.45) is 3.03. The average Bonchev–Trinajstić information content (AvgIpc) is 3.25. The van der Waals surface area contributed by atoms with Crippen molar-refractivity contribution < 1.29 is 9.18 Å². The Morgan fingerprint density at radius 3 is 2.66 bits per heavy atom. The molecule has 1 fully saturated rings. The number of pyridine rings is 1. The van der Waals surface area contributed by atoms with Gasteiger partial charge in [-0.25, -0.2) is 9.37 Å². The summed E-state index contributed by atoms with van der Waals surface area (Å²) in [5.74, 6) is -0.705. The maximum atomic E-state index is 16.3. The molecule has 0 N–H and O–H groups in total. The molecule has 1 amide bonds. The van der Waals surface area contributed by atoms with Gasteiger partial charge in [-0.1, -0.05) is 30.3 Å². The lowest BCUT2D eigenvalue weighted by molar-refractivity contribution is -0.126. The summed E-state index contributed by atoms with van der Waals surface area (Å²) in [4.78, 5) is 20.0. The lowest BCUT2D eigenvalue weighted by Gasteiger charge is -2.36. The maximum Gasteiger partial charge on any atom is 0.246 e. The van der Waals surface area contributed by atoms with Crippen molar-refractivity contribution in [2.75, 3.05) is 31.1 Å². The second-order valence-electron chi connectivity index (χ2n) is 8.56. The Labute approximate surface area is 206 Å². The highest BCUT2D eigenvalue weighted by Crippen LogP contribution is 2.42. The number of halogens is 2. The molecule has 0 unspecified atom stereocenters. The zero-order chi connectivity index (χ0) is 24.9. The van der Waals surface area contributed by atoms with Crippen LogP contribution in [0.1, 0.15) is 11.3 Å². The first-order valence-corrected chi connectivity index (χ1v) is 11.5. The topological polar surface area (TPSA) is 78.1 Å². The van der Waals surface area contributed by atoms with Crippen LogP contribution >= 0.6 is 11.6 Å². The van der Waals surface area contributed by atoms with Gasteiger partial charge in [0, 0.05) is 60.8 Å². The molecule has 0 aliphatic carbocycles. The van der Waals surface area contributed by atoms with Crippen LogP contribution in [0.3, 0.4) is 0 Å². The number of amides is 1. The molecule has 1 aliphatic heterocycles. The molecule has 35 heavy (non-hydrogen) atoms. The van der Waals surface area contributed by atoms with Crippen LogP contribution in [0.15, 0.2) is 43.1 Å². The number of fused-ring (bicyclic) bond motifs is 2. The third-order valence-electron chi connectivity index (χ3n) is 6.56. The molecule has 0 bridgehead atoms. The van der Waals surface area contributed by atoms with E-state index in [1.54, 1.807) is 35.0 Å². The first-order chi connectivity index (χ1) is 16.8. The Hall–Kier alpha value is -3.96. The van der Waals surface area contributed by atoms with Crippen molar-refractivity contribution in [3.8, 4) is 17.2 Å². The van der Waals surface area contributed by atoms with Gasteiger partial charge in [-0.2, -0.15) is 10.4 Å². The van der Waals surface area contributed by atoms with E-state index in [0.717, 1.165) is 16.5 Å². The quantitative estimate of drug-likeness (QED) is 0.394. The standard InChI is InChI=1S/C26H22ClFN6O/c1-4-21(35)34-9-7-33(8-10-34)20-11-17(13-29)31-25-18(20)12-19(27)23(24(25)28)22-15(2)5-6-16-14-30-32(3)26(16)22/h4-6,11-12,14H,1,7-10H2,2-3H3. The minimum Gasteiger partial charge on any atom is -0.367 e. The van der Waals surface area contributed by atoms with Crippen molar-refractivity contribution in [1.82, 2.24) is 19.7 Å². The third kappa shape index (κ3) is 3.69. The van der Waals surface area contributed by atoms with Crippen molar-refractivity contribution in [2.24, 2.45) is 7.05 Å². The SMILES string of the molecule is C=CC(=O)N1CCN(c2cc(C#N)nc3c(F)c(-c4c(C)ccc5cnn(C)c45)c(Cl)cc23)CC1. The normalized spacial score (nSPS) is 13.9. The molecule has 9 heteroatoms. The molecule has 0 spiro atoms. The zero-order valence-corrected chi connectivity index (χ0v) is 20.1. The minimum absolute atomic E-state index is 0.0848. The van der Waals surface area contributed by atoms with E-state index in [1.165, 1.54) is 6.08 Å². The summed E-state index contributed by atoms with van der Waals surface area (Å²) >= 11 is 6.76. The Morgan fingerprint density at radius 1 is 1.23 bits per heavy atom. The first kappa shape index (κ1) is 22.8. The van der Waals surface area contributed by atoms with Crippen LogP contribution in [-0.2, 0) is 11.8 Å². The van der Waals surface area contributed by atoms with E-state index in [0.29, 0.717) is 42.8 Å². The Balaban J connectivity index is 1.71. The minimum atomic E-state index is -0.580. The van der Waals surface area contributed by atoms with E-state index >= 15 is 4.39 Å². The summed E-state index contributed by atoms with van der Waals surface area (Å²) in [5.41, 5.74) is 3.36. The van der Waals surface area contributed by atoms with E-state index in [4.69, 9.17) is 11.6 Å². The smallest absolute Gasteiger partial charge is 0.246 e. The van der Waals surface area contributed by atoms with Crippen molar-refractivity contribution in [2.45, 2.75) is 6.92 Å². The third-order valence-corrected chi connectivity index (χ3v) is 6.85. The summed E-state index contributed by atoms with van der Waals surface area (Å²) in [6, 6.07) is 9.27. The van der Waals surface area contributed by atoms with Gasteiger partial charge in [-0.05, 0) is 30.7 Å². The number of carbonyl (C=O) groups excluding carboxylic acids is 1. The molecule has 1 aliphatic rings. The number of nitrogens with zero attached hydrogens (tertiary/aromatic N) is 6. The largest absolute Gasteiger partial charge is 0.367 e. The number of aryl methyl sites for hydroxylation is 2. The number of aromatic nitrogens is 3. The van der Waals surface area contributed by atoms with Gasteiger partial charge in [0.15, 0.2) is 5.82 Å². The molecular weight excluding hydrogens is 467 g/mol. The fraction of sp³-hybridized carbons (Fsp3) is 0.231. The van der Waals surface area contributed by atoms with Gasteiger partial charge in [0.05, 0.1) is 16.7 Å². The number of hydrogen-bond acceptors (Lipinski definition) is 5. The summed E-state index contributed by atoms with van der Waals surface area (Å²) < 4.78 is 18.0. The van der Waals surface area contributed by atoms with Gasteiger partial charge in [-0.3, -0.25) is 9.48 Å². The lowest BCUT2D eigenvalue weighted by Crippen LogP contribution is -2.48. The van der Waals surface area contributed by atoms with E-state index in [9.17, 15) is 10.1 Å². The fourth-order valence-electron chi connectivity index (χ4n) is 4.80. The summed E-state index contributed by atoms with van der Waals surface area (Å²) in [5, 5.41) is 15.6. The fourth-order valence-corrected chi connectivity index (χ4v) is 5.09. The molecule has 1 saturated heterocycles. The van der Waals surface area contributed by atoms with Crippen LogP contribution in [-0.4, -0.2) is 51.8 Å². The van der Waals surface area contributed by atoms with Crippen LogP contribution in [0.2, 0.25) is 5.02 Å². The molecule has 2 aromatic heterocycles. The number of carbonyl (C=O) groups is 1. The van der Waals surface area contributed by atoms with Crippen LogP contribution in [0.25, 0.3) is 32.9 Å². The van der Waals surface area contributed by atoms with Crippen LogP contribution in [0.4, 0.5) is 10.1 Å². The van der Waals surface area contributed by atoms with Crippen LogP contribution < -0.4 is 4.90 Å². The number of nitriles is 1. The maximum absolute atomic E-state index is 16.3. The monoisotopic (exact) mass is 488 g/mol. The van der Waals surface area contributed by atoms with E-state index in [1.807, 2.05) is 24.0 Å². The Kier molecular flexibility index (Phi) is 5.65. The highest BCUT2D eigenvalue weighted by atomic mass is 35.5. The number of benzene rings is 2. The van der Waals surface area contributed by atoms with E-state index < -0.39 is 5.82 Å². The molecule has 3 heterocycles. The highest BCUT2D eigenvalue weighted by molar-refractivity contribution is 6.35. The van der Waals surface area contributed by atoms with Gasteiger partial charge >= 0.3 is 0 Å². The highest BCUT2D eigenvalue weighted by Gasteiger charge is 2.26. The van der Waals surface area contributed by atoms with Crippen molar-refractivity contribution in [3.63, 3.8) is 0 Å². The van der Waals surface area contributed by atoms with E-state index in [-0.39, 0.29) is 27.7 Å². The number of piperazine rings is 1. The molecular formula is C26H22ClFN6O. The lowest BCUT2D eigenvalue weighted by atomic mass is 9.95. The van der Waals surface area contributed by atoms with Gasteiger partial charge in [0.2, 0.25) is 5.91 Å². The predicted molar refractivity (Wildman–Crippen MR) is 135 cm³/mol. The Morgan fingerprint density at radius 2 is 1.97 bits per heavy atom. The molecule has 4 aromatic rings. The first-order valence-electron chi connectivity index (χ1n) is 11.1. The second kappa shape index (κ2) is 8.67. The molecule has 0 saturated carbocycles. The molecule has 176 valence electrons. The predicted octanol–water partition coefficient (Wildman–Crippen LogP) is 4.60. The second-order valence-corrected chi connectivity index (χ2v) is 8.97. The van der Waals surface area contributed by atoms with Crippen LogP contribution in [0.5, 0.6) is 0 Å². The molecule has 2 aromatic carbocycles. The van der Waals surface area contributed by atoms with Crippen molar-refractivity contribution in [1.29, 1.82) is 5.26 Å². The number of anilines is 1. The molecule has 7 nitrogen and oxygen atoms in total. The molecule has 0 radical (unpaired) electrons. The molecule has 0 atom stereocenters.